The van der Waals surface area contributed by atoms with E-state index in [9.17, 15) is 8.42 Å². The Bertz CT molecular complexity index is 402. The van der Waals surface area contributed by atoms with E-state index >= 15 is 0 Å². The molecule has 0 aliphatic heterocycles. The van der Waals surface area contributed by atoms with Gasteiger partial charge in [-0.1, -0.05) is 30.3 Å². The van der Waals surface area contributed by atoms with Crippen LogP contribution >= 0.6 is 0 Å². The van der Waals surface area contributed by atoms with Crippen molar-refractivity contribution in [1.29, 1.82) is 0 Å². The molecular weight excluding hydrogens is 214 g/mol. The Hall–Kier alpha value is -0.910. The highest BCUT2D eigenvalue weighted by atomic mass is 32.2. The van der Waals surface area contributed by atoms with Crippen LogP contribution in [0.4, 0.5) is 0 Å². The molecule has 2 unspecified atom stereocenters. The van der Waals surface area contributed by atoms with Gasteiger partial charge in [0.25, 0.3) is 10.1 Å². The normalized spacial score (nSPS) is 15.9. The topological polar surface area (TPSA) is 80.4 Å². The van der Waals surface area contributed by atoms with Gasteiger partial charge in [-0.3, -0.25) is 4.55 Å². The van der Waals surface area contributed by atoms with Crippen molar-refractivity contribution in [2.75, 3.05) is 6.54 Å². The zero-order valence-corrected chi connectivity index (χ0v) is 9.31. The first-order chi connectivity index (χ1) is 6.96. The lowest BCUT2D eigenvalue weighted by molar-refractivity contribution is 0.458. The molecule has 5 heteroatoms. The van der Waals surface area contributed by atoms with E-state index < -0.39 is 15.4 Å². The van der Waals surface area contributed by atoms with Crippen LogP contribution in [0.5, 0.6) is 0 Å². The van der Waals surface area contributed by atoms with Crippen molar-refractivity contribution in [3.63, 3.8) is 0 Å². The van der Waals surface area contributed by atoms with E-state index in [2.05, 4.69) is 0 Å². The molecule has 0 spiro atoms. The third-order valence-corrected chi connectivity index (χ3v) is 3.79. The summed E-state index contributed by atoms with van der Waals surface area (Å²) in [6.07, 6.45) is 0. The zero-order valence-electron chi connectivity index (χ0n) is 8.50. The maximum atomic E-state index is 11.0. The number of hydrogen-bond acceptors (Lipinski definition) is 3. The van der Waals surface area contributed by atoms with Gasteiger partial charge in [0, 0.05) is 12.5 Å². The second-order valence-corrected chi connectivity index (χ2v) is 5.25. The molecule has 0 amide bonds. The fraction of sp³-hybridized carbons (Fsp3) is 0.400. The summed E-state index contributed by atoms with van der Waals surface area (Å²) in [5.41, 5.74) is 6.35. The molecule has 1 rings (SSSR count). The van der Waals surface area contributed by atoms with E-state index in [1.807, 2.05) is 18.2 Å². The fourth-order valence-corrected chi connectivity index (χ4v) is 2.19. The summed E-state index contributed by atoms with van der Waals surface area (Å²) in [5.74, 6) is -0.374. The molecule has 84 valence electrons. The van der Waals surface area contributed by atoms with Crippen molar-refractivity contribution in [2.24, 2.45) is 5.73 Å². The van der Waals surface area contributed by atoms with Gasteiger partial charge in [0.2, 0.25) is 0 Å². The van der Waals surface area contributed by atoms with E-state index in [0.29, 0.717) is 0 Å². The Morgan fingerprint density at radius 2 is 1.87 bits per heavy atom. The van der Waals surface area contributed by atoms with E-state index in [1.54, 1.807) is 12.1 Å². The minimum absolute atomic E-state index is 0.185. The van der Waals surface area contributed by atoms with Crippen molar-refractivity contribution in [3.05, 3.63) is 35.9 Å². The van der Waals surface area contributed by atoms with Gasteiger partial charge in [0.15, 0.2) is 0 Å². The van der Waals surface area contributed by atoms with Crippen LogP contribution in [-0.4, -0.2) is 24.8 Å². The van der Waals surface area contributed by atoms with E-state index in [0.717, 1.165) is 5.56 Å². The van der Waals surface area contributed by atoms with Crippen LogP contribution in [0.2, 0.25) is 0 Å². The van der Waals surface area contributed by atoms with Gasteiger partial charge in [-0.2, -0.15) is 8.42 Å². The molecular formula is C10H15NO3S. The highest BCUT2D eigenvalue weighted by Gasteiger charge is 2.27. The summed E-state index contributed by atoms with van der Waals surface area (Å²) < 4.78 is 31.0. The summed E-state index contributed by atoms with van der Waals surface area (Å²) in [4.78, 5) is 0. The molecule has 0 saturated carbocycles. The monoisotopic (exact) mass is 229 g/mol. The predicted octanol–water partition coefficient (Wildman–Crippen LogP) is 1.01. The molecule has 15 heavy (non-hydrogen) atoms. The number of benzene rings is 1. The van der Waals surface area contributed by atoms with Crippen molar-refractivity contribution in [2.45, 2.75) is 18.1 Å². The lowest BCUT2D eigenvalue weighted by Crippen LogP contribution is -2.30. The number of nitrogens with two attached hydrogens (primary N) is 1. The lowest BCUT2D eigenvalue weighted by atomic mass is 9.96. The minimum atomic E-state index is -4.04. The predicted molar refractivity (Wildman–Crippen MR) is 59.2 cm³/mol. The first kappa shape index (κ1) is 12.2. The van der Waals surface area contributed by atoms with E-state index in [4.69, 9.17) is 10.3 Å². The highest BCUT2D eigenvalue weighted by Crippen LogP contribution is 2.22. The molecule has 1 aromatic carbocycles. The standard InChI is InChI=1S/C10H15NO3S/c1-8(15(12,13)14)10(7-11)9-5-3-2-4-6-9/h2-6,8,10H,7,11H2,1H3,(H,12,13,14). The molecule has 0 radical (unpaired) electrons. The second kappa shape index (κ2) is 4.74. The fourth-order valence-electron chi connectivity index (χ4n) is 1.51. The van der Waals surface area contributed by atoms with Crippen LogP contribution in [0.1, 0.15) is 18.4 Å². The summed E-state index contributed by atoms with van der Waals surface area (Å²) in [7, 11) is -4.04. The smallest absolute Gasteiger partial charge is 0.268 e. The van der Waals surface area contributed by atoms with Crippen LogP contribution in [0, 0.1) is 0 Å². The first-order valence-electron chi connectivity index (χ1n) is 4.68. The molecule has 4 nitrogen and oxygen atoms in total. The molecule has 0 aliphatic carbocycles. The quantitative estimate of drug-likeness (QED) is 0.755. The van der Waals surface area contributed by atoms with Crippen molar-refractivity contribution in [1.82, 2.24) is 0 Å². The summed E-state index contributed by atoms with van der Waals surface area (Å²) >= 11 is 0. The largest absolute Gasteiger partial charge is 0.330 e. The Morgan fingerprint density at radius 1 is 1.33 bits per heavy atom. The van der Waals surface area contributed by atoms with Gasteiger partial charge in [-0.15, -0.1) is 0 Å². The van der Waals surface area contributed by atoms with E-state index in [1.165, 1.54) is 6.92 Å². The summed E-state index contributed by atoms with van der Waals surface area (Å²) in [6, 6.07) is 9.08. The Labute approximate surface area is 89.9 Å². The number of hydrogen-bond donors (Lipinski definition) is 2. The van der Waals surface area contributed by atoms with Crippen LogP contribution in [0.3, 0.4) is 0 Å². The SMILES string of the molecule is CC(C(CN)c1ccccc1)S(=O)(=O)O. The van der Waals surface area contributed by atoms with Crippen molar-refractivity contribution in [3.8, 4) is 0 Å². The lowest BCUT2D eigenvalue weighted by Gasteiger charge is -2.20. The van der Waals surface area contributed by atoms with Gasteiger partial charge in [-0.25, -0.2) is 0 Å². The average Bonchev–Trinajstić information content (AvgIpc) is 2.19. The van der Waals surface area contributed by atoms with Gasteiger partial charge in [-0.05, 0) is 12.5 Å². The molecule has 0 heterocycles. The van der Waals surface area contributed by atoms with Crippen LogP contribution in [-0.2, 0) is 10.1 Å². The van der Waals surface area contributed by atoms with Crippen molar-refractivity contribution >= 4 is 10.1 Å². The Balaban J connectivity index is 3.01. The molecule has 0 fully saturated rings. The Morgan fingerprint density at radius 3 is 2.27 bits per heavy atom. The maximum absolute atomic E-state index is 11.0. The van der Waals surface area contributed by atoms with Crippen LogP contribution in [0.15, 0.2) is 30.3 Å². The summed E-state index contributed by atoms with van der Waals surface area (Å²) in [5, 5.41) is -0.884. The van der Waals surface area contributed by atoms with Gasteiger partial charge in [0.1, 0.15) is 0 Å². The third-order valence-electron chi connectivity index (χ3n) is 2.52. The van der Waals surface area contributed by atoms with E-state index in [-0.39, 0.29) is 12.5 Å². The Kier molecular flexibility index (Phi) is 3.84. The van der Waals surface area contributed by atoms with Crippen molar-refractivity contribution < 1.29 is 13.0 Å². The molecule has 3 N–H and O–H groups in total. The molecule has 0 bridgehead atoms. The maximum Gasteiger partial charge on any atom is 0.268 e. The minimum Gasteiger partial charge on any atom is -0.330 e. The van der Waals surface area contributed by atoms with Crippen LogP contribution in [0.25, 0.3) is 0 Å². The van der Waals surface area contributed by atoms with Crippen LogP contribution < -0.4 is 5.73 Å². The molecule has 0 aliphatic rings. The molecule has 0 aromatic heterocycles. The molecule has 2 atom stereocenters. The molecule has 1 aromatic rings. The van der Waals surface area contributed by atoms with Gasteiger partial charge < -0.3 is 5.73 Å². The first-order valence-corrected chi connectivity index (χ1v) is 6.18. The van der Waals surface area contributed by atoms with Gasteiger partial charge >= 0.3 is 0 Å². The van der Waals surface area contributed by atoms with Gasteiger partial charge in [0.05, 0.1) is 5.25 Å². The second-order valence-electron chi connectivity index (χ2n) is 3.47. The molecule has 0 saturated heterocycles. The average molecular weight is 229 g/mol. The third kappa shape index (κ3) is 3.02. The highest BCUT2D eigenvalue weighted by molar-refractivity contribution is 7.86. The summed E-state index contributed by atoms with van der Waals surface area (Å²) in [6.45, 7) is 1.64. The zero-order chi connectivity index (χ0) is 11.5. The number of rotatable bonds is 4.